The molecule has 0 radical (unpaired) electrons. The van der Waals surface area contributed by atoms with Crippen LogP contribution in [0.15, 0.2) is 30.5 Å². The predicted octanol–water partition coefficient (Wildman–Crippen LogP) is 3.38. The SMILES string of the molecule is O=C(O)C1CCCC(c2cnc3ccccc3n2)CC1. The number of carboxylic acid groups (broad SMARTS) is 1. The Bertz CT molecular complexity index is 627. The standard InChI is InChI=1S/C16H18N2O2/c19-16(20)12-5-3-4-11(8-9-12)15-10-17-13-6-1-2-7-14(13)18-15/h1-2,6-7,10-12H,3-5,8-9H2,(H,19,20). The highest BCUT2D eigenvalue weighted by Crippen LogP contribution is 2.33. The van der Waals surface area contributed by atoms with Gasteiger partial charge in [-0.15, -0.1) is 0 Å². The molecule has 2 unspecified atom stereocenters. The lowest BCUT2D eigenvalue weighted by Gasteiger charge is -2.13. The van der Waals surface area contributed by atoms with Crippen molar-refractivity contribution in [2.75, 3.05) is 0 Å². The fourth-order valence-electron chi connectivity index (χ4n) is 3.01. The van der Waals surface area contributed by atoms with Crippen molar-refractivity contribution >= 4 is 17.0 Å². The van der Waals surface area contributed by atoms with Crippen LogP contribution in [-0.4, -0.2) is 21.0 Å². The largest absolute Gasteiger partial charge is 0.481 e. The number of para-hydroxylation sites is 2. The quantitative estimate of drug-likeness (QED) is 0.850. The van der Waals surface area contributed by atoms with Gasteiger partial charge >= 0.3 is 5.97 Å². The number of rotatable bonds is 2. The van der Waals surface area contributed by atoms with Crippen LogP contribution < -0.4 is 0 Å². The monoisotopic (exact) mass is 270 g/mol. The van der Waals surface area contributed by atoms with Gasteiger partial charge in [-0.05, 0) is 37.8 Å². The molecule has 1 heterocycles. The Kier molecular flexibility index (Phi) is 3.63. The minimum atomic E-state index is -0.657. The highest BCUT2D eigenvalue weighted by molar-refractivity contribution is 5.73. The molecule has 1 fully saturated rings. The van der Waals surface area contributed by atoms with Gasteiger partial charge in [-0.2, -0.15) is 0 Å². The third-order valence-electron chi connectivity index (χ3n) is 4.20. The first kappa shape index (κ1) is 13.0. The van der Waals surface area contributed by atoms with E-state index in [1.165, 1.54) is 0 Å². The van der Waals surface area contributed by atoms with E-state index in [9.17, 15) is 4.79 Å². The van der Waals surface area contributed by atoms with E-state index in [4.69, 9.17) is 10.1 Å². The molecule has 1 aliphatic rings. The molecule has 2 aromatic rings. The van der Waals surface area contributed by atoms with Gasteiger partial charge in [-0.3, -0.25) is 9.78 Å². The van der Waals surface area contributed by atoms with E-state index in [0.29, 0.717) is 5.92 Å². The van der Waals surface area contributed by atoms with E-state index in [0.717, 1.165) is 48.8 Å². The van der Waals surface area contributed by atoms with Crippen molar-refractivity contribution in [2.45, 2.75) is 38.0 Å². The van der Waals surface area contributed by atoms with Gasteiger partial charge in [-0.25, -0.2) is 4.98 Å². The van der Waals surface area contributed by atoms with Gasteiger partial charge in [0.05, 0.1) is 22.6 Å². The van der Waals surface area contributed by atoms with Gasteiger partial charge in [0.1, 0.15) is 0 Å². The summed E-state index contributed by atoms with van der Waals surface area (Å²) in [5.74, 6) is -0.500. The first-order valence-electron chi connectivity index (χ1n) is 7.18. The van der Waals surface area contributed by atoms with Crippen LogP contribution in [0, 0.1) is 5.92 Å². The molecule has 1 saturated carbocycles. The van der Waals surface area contributed by atoms with Crippen LogP contribution in [0.5, 0.6) is 0 Å². The highest BCUT2D eigenvalue weighted by atomic mass is 16.4. The summed E-state index contributed by atoms with van der Waals surface area (Å²) in [6.07, 6.45) is 6.24. The molecular formula is C16H18N2O2. The van der Waals surface area contributed by atoms with Crippen molar-refractivity contribution in [3.63, 3.8) is 0 Å². The van der Waals surface area contributed by atoms with Crippen LogP contribution in [0.1, 0.15) is 43.7 Å². The fraction of sp³-hybridized carbons (Fsp3) is 0.438. The molecular weight excluding hydrogens is 252 g/mol. The summed E-state index contributed by atoms with van der Waals surface area (Å²) in [6.45, 7) is 0. The number of carbonyl (C=O) groups is 1. The molecule has 0 aliphatic heterocycles. The Morgan fingerprint density at radius 3 is 2.70 bits per heavy atom. The second-order valence-corrected chi connectivity index (χ2v) is 5.52. The van der Waals surface area contributed by atoms with E-state index in [-0.39, 0.29) is 5.92 Å². The molecule has 1 aromatic carbocycles. The number of fused-ring (bicyclic) bond motifs is 1. The van der Waals surface area contributed by atoms with E-state index >= 15 is 0 Å². The molecule has 3 rings (SSSR count). The zero-order chi connectivity index (χ0) is 13.9. The zero-order valence-corrected chi connectivity index (χ0v) is 11.3. The maximum Gasteiger partial charge on any atom is 0.306 e. The molecule has 4 heteroatoms. The lowest BCUT2D eigenvalue weighted by Crippen LogP contribution is -2.12. The summed E-state index contributed by atoms with van der Waals surface area (Å²) in [7, 11) is 0. The summed E-state index contributed by atoms with van der Waals surface area (Å²) >= 11 is 0. The van der Waals surface area contributed by atoms with Crippen LogP contribution >= 0.6 is 0 Å². The maximum atomic E-state index is 11.1. The van der Waals surface area contributed by atoms with Gasteiger partial charge < -0.3 is 5.11 Å². The van der Waals surface area contributed by atoms with E-state index < -0.39 is 5.97 Å². The molecule has 0 amide bonds. The van der Waals surface area contributed by atoms with Crippen molar-refractivity contribution in [3.8, 4) is 0 Å². The number of benzene rings is 1. The number of carboxylic acids is 1. The average Bonchev–Trinajstić information content (AvgIpc) is 2.73. The minimum Gasteiger partial charge on any atom is -0.481 e. The van der Waals surface area contributed by atoms with Crippen molar-refractivity contribution in [3.05, 3.63) is 36.2 Å². The van der Waals surface area contributed by atoms with Crippen molar-refractivity contribution in [1.82, 2.24) is 9.97 Å². The summed E-state index contributed by atoms with van der Waals surface area (Å²) in [6, 6.07) is 7.86. The highest BCUT2D eigenvalue weighted by Gasteiger charge is 2.25. The molecule has 0 spiro atoms. The van der Waals surface area contributed by atoms with E-state index in [1.807, 2.05) is 30.5 Å². The van der Waals surface area contributed by atoms with Gasteiger partial charge in [0.15, 0.2) is 0 Å². The second-order valence-electron chi connectivity index (χ2n) is 5.52. The molecule has 0 bridgehead atoms. The molecule has 4 nitrogen and oxygen atoms in total. The van der Waals surface area contributed by atoms with Crippen LogP contribution in [0.2, 0.25) is 0 Å². The summed E-state index contributed by atoms with van der Waals surface area (Å²) < 4.78 is 0. The van der Waals surface area contributed by atoms with Crippen LogP contribution in [0.4, 0.5) is 0 Å². The first-order valence-corrected chi connectivity index (χ1v) is 7.18. The predicted molar refractivity (Wildman–Crippen MR) is 76.5 cm³/mol. The summed E-state index contributed by atoms with van der Waals surface area (Å²) in [4.78, 5) is 20.3. The lowest BCUT2D eigenvalue weighted by molar-refractivity contribution is -0.142. The third kappa shape index (κ3) is 2.64. The third-order valence-corrected chi connectivity index (χ3v) is 4.20. The number of hydrogen-bond donors (Lipinski definition) is 1. The molecule has 1 aromatic heterocycles. The Balaban J connectivity index is 1.82. The Labute approximate surface area is 117 Å². The fourth-order valence-corrected chi connectivity index (χ4v) is 3.01. The van der Waals surface area contributed by atoms with Crippen molar-refractivity contribution in [1.29, 1.82) is 0 Å². The second kappa shape index (κ2) is 5.57. The minimum absolute atomic E-state index is 0.187. The van der Waals surface area contributed by atoms with Crippen LogP contribution in [-0.2, 0) is 4.79 Å². The Morgan fingerprint density at radius 1 is 1.10 bits per heavy atom. The molecule has 0 saturated heterocycles. The van der Waals surface area contributed by atoms with Crippen molar-refractivity contribution < 1.29 is 9.90 Å². The number of aromatic nitrogens is 2. The lowest BCUT2D eigenvalue weighted by atomic mass is 9.95. The zero-order valence-electron chi connectivity index (χ0n) is 11.3. The van der Waals surface area contributed by atoms with Gasteiger partial charge in [0.2, 0.25) is 0 Å². The number of hydrogen-bond acceptors (Lipinski definition) is 3. The first-order chi connectivity index (χ1) is 9.74. The number of nitrogens with zero attached hydrogens (tertiary/aromatic N) is 2. The van der Waals surface area contributed by atoms with Gasteiger partial charge in [0, 0.05) is 12.1 Å². The molecule has 20 heavy (non-hydrogen) atoms. The smallest absolute Gasteiger partial charge is 0.306 e. The van der Waals surface area contributed by atoms with Gasteiger partial charge in [-0.1, -0.05) is 18.6 Å². The molecule has 1 aliphatic carbocycles. The van der Waals surface area contributed by atoms with E-state index in [2.05, 4.69) is 4.98 Å². The number of aliphatic carboxylic acids is 1. The topological polar surface area (TPSA) is 63.1 Å². The maximum absolute atomic E-state index is 11.1. The van der Waals surface area contributed by atoms with Gasteiger partial charge in [0.25, 0.3) is 0 Å². The van der Waals surface area contributed by atoms with Crippen LogP contribution in [0.3, 0.4) is 0 Å². The Hall–Kier alpha value is -1.97. The molecule has 104 valence electrons. The van der Waals surface area contributed by atoms with Crippen molar-refractivity contribution in [2.24, 2.45) is 5.92 Å². The van der Waals surface area contributed by atoms with E-state index in [1.54, 1.807) is 0 Å². The normalized spacial score (nSPS) is 23.4. The molecule has 1 N–H and O–H groups in total. The molecule has 2 atom stereocenters. The summed E-state index contributed by atoms with van der Waals surface area (Å²) in [5.41, 5.74) is 2.84. The summed E-state index contributed by atoms with van der Waals surface area (Å²) in [5, 5.41) is 9.13. The Morgan fingerprint density at radius 2 is 1.90 bits per heavy atom. The van der Waals surface area contributed by atoms with Crippen LogP contribution in [0.25, 0.3) is 11.0 Å². The average molecular weight is 270 g/mol.